The van der Waals surface area contributed by atoms with E-state index in [1.54, 1.807) is 31.4 Å². The summed E-state index contributed by atoms with van der Waals surface area (Å²) in [6.45, 7) is 3.02. The number of para-hydroxylation sites is 1. The third-order valence-corrected chi connectivity index (χ3v) is 3.82. The number of amides is 1. The molecule has 0 aliphatic heterocycles. The summed E-state index contributed by atoms with van der Waals surface area (Å²) in [5.74, 6) is 0.322. The second-order valence-electron chi connectivity index (χ2n) is 5.97. The van der Waals surface area contributed by atoms with Crippen molar-refractivity contribution in [1.82, 2.24) is 0 Å². The number of hydrogen-bond donors (Lipinski definition) is 1. The molecule has 0 spiro atoms. The van der Waals surface area contributed by atoms with Gasteiger partial charge in [-0.1, -0.05) is 18.2 Å². The zero-order valence-corrected chi connectivity index (χ0v) is 15.7. The van der Waals surface area contributed by atoms with E-state index in [4.69, 9.17) is 14.2 Å². The average Bonchev–Trinajstić information content (AvgIpc) is 2.67. The first-order valence-electron chi connectivity index (χ1n) is 8.84. The van der Waals surface area contributed by atoms with Gasteiger partial charge in [-0.05, 0) is 49.2 Å². The van der Waals surface area contributed by atoms with Crippen LogP contribution in [0.25, 0.3) is 0 Å². The second kappa shape index (κ2) is 11.0. The van der Waals surface area contributed by atoms with Gasteiger partial charge in [-0.15, -0.1) is 0 Å². The number of ether oxygens (including phenoxy) is 3. The van der Waals surface area contributed by atoms with Crippen molar-refractivity contribution in [2.24, 2.45) is 0 Å². The van der Waals surface area contributed by atoms with Gasteiger partial charge < -0.3 is 19.5 Å². The van der Waals surface area contributed by atoms with Crippen LogP contribution in [-0.2, 0) is 14.3 Å². The Hall–Kier alpha value is -2.86. The molecule has 6 heteroatoms. The normalized spacial score (nSPS) is 10.3. The number of benzene rings is 2. The van der Waals surface area contributed by atoms with Gasteiger partial charge in [0.15, 0.2) is 0 Å². The average molecular weight is 371 g/mol. The Bertz CT molecular complexity index is 742. The zero-order chi connectivity index (χ0) is 19.5. The molecular weight excluding hydrogens is 346 g/mol. The minimum absolute atomic E-state index is 0.0983. The van der Waals surface area contributed by atoms with E-state index in [2.05, 4.69) is 5.32 Å². The summed E-state index contributed by atoms with van der Waals surface area (Å²) in [4.78, 5) is 23.8. The maximum atomic E-state index is 12.0. The fourth-order valence-electron chi connectivity index (χ4n) is 2.35. The van der Waals surface area contributed by atoms with Crippen LogP contribution in [0.15, 0.2) is 48.5 Å². The lowest BCUT2D eigenvalue weighted by atomic mass is 10.2. The Labute approximate surface area is 159 Å². The summed E-state index contributed by atoms with van der Waals surface area (Å²) in [7, 11) is 1.54. The lowest BCUT2D eigenvalue weighted by molar-refractivity contribution is -0.116. The molecule has 2 aromatic rings. The van der Waals surface area contributed by atoms with Crippen LogP contribution in [0.3, 0.4) is 0 Å². The smallest absolute Gasteiger partial charge is 0.338 e. The summed E-state index contributed by atoms with van der Waals surface area (Å²) >= 11 is 0. The predicted octanol–water partition coefficient (Wildman–Crippen LogP) is 3.60. The van der Waals surface area contributed by atoms with Gasteiger partial charge in [0.2, 0.25) is 5.91 Å². The van der Waals surface area contributed by atoms with Crippen molar-refractivity contribution in [3.05, 3.63) is 59.7 Å². The van der Waals surface area contributed by atoms with Gasteiger partial charge in [-0.3, -0.25) is 4.79 Å². The number of hydrogen-bond acceptors (Lipinski definition) is 5. The number of aryl methyl sites for hydroxylation is 1. The predicted molar refractivity (Wildman–Crippen MR) is 103 cm³/mol. The van der Waals surface area contributed by atoms with Crippen molar-refractivity contribution in [2.75, 3.05) is 32.2 Å². The van der Waals surface area contributed by atoms with Crippen LogP contribution in [-0.4, -0.2) is 38.8 Å². The number of anilines is 1. The van der Waals surface area contributed by atoms with Crippen LogP contribution < -0.4 is 10.1 Å². The van der Waals surface area contributed by atoms with E-state index in [0.717, 1.165) is 11.3 Å². The molecule has 2 aromatic carbocycles. The molecule has 0 fully saturated rings. The highest BCUT2D eigenvalue weighted by atomic mass is 16.6. The Morgan fingerprint density at radius 3 is 2.41 bits per heavy atom. The molecule has 0 unspecified atom stereocenters. The molecular formula is C21H25NO5. The maximum Gasteiger partial charge on any atom is 0.338 e. The van der Waals surface area contributed by atoms with E-state index < -0.39 is 5.97 Å². The van der Waals surface area contributed by atoms with Crippen LogP contribution in [0.2, 0.25) is 0 Å². The minimum atomic E-state index is -0.418. The van der Waals surface area contributed by atoms with Crippen molar-refractivity contribution in [3.63, 3.8) is 0 Å². The Kier molecular flexibility index (Phi) is 8.32. The first-order chi connectivity index (χ1) is 13.1. The molecule has 0 atom stereocenters. The maximum absolute atomic E-state index is 12.0. The molecule has 0 saturated carbocycles. The summed E-state index contributed by atoms with van der Waals surface area (Å²) in [5.41, 5.74) is 2.13. The molecule has 1 amide bonds. The van der Waals surface area contributed by atoms with E-state index in [-0.39, 0.29) is 12.5 Å². The molecule has 0 aliphatic rings. The molecule has 0 aliphatic carbocycles. The molecule has 144 valence electrons. The van der Waals surface area contributed by atoms with Crippen molar-refractivity contribution in [1.29, 1.82) is 0 Å². The molecule has 2 rings (SSSR count). The first-order valence-corrected chi connectivity index (χ1v) is 8.84. The summed E-state index contributed by atoms with van der Waals surface area (Å²) in [5, 5.41) is 2.80. The fourth-order valence-corrected chi connectivity index (χ4v) is 2.35. The number of rotatable bonds is 10. The lowest BCUT2D eigenvalue weighted by Gasteiger charge is -2.09. The molecule has 0 heterocycles. The number of carbonyl (C=O) groups is 2. The van der Waals surface area contributed by atoms with Gasteiger partial charge in [-0.25, -0.2) is 4.79 Å². The van der Waals surface area contributed by atoms with Crippen LogP contribution in [0.5, 0.6) is 5.75 Å². The zero-order valence-electron chi connectivity index (χ0n) is 15.7. The molecule has 0 radical (unpaired) electrons. The quantitative estimate of drug-likeness (QED) is 0.510. The molecule has 27 heavy (non-hydrogen) atoms. The summed E-state index contributed by atoms with van der Waals surface area (Å²) < 4.78 is 15.5. The number of methoxy groups -OCH3 is 1. The van der Waals surface area contributed by atoms with Crippen LogP contribution in [0, 0.1) is 6.92 Å². The summed E-state index contributed by atoms with van der Waals surface area (Å²) in [6, 6.07) is 14.4. The van der Waals surface area contributed by atoms with E-state index in [0.29, 0.717) is 37.3 Å². The monoisotopic (exact) mass is 371 g/mol. The summed E-state index contributed by atoms with van der Waals surface area (Å²) in [6.07, 6.45) is 0.969. The topological polar surface area (TPSA) is 73.9 Å². The highest BCUT2D eigenvalue weighted by Crippen LogP contribution is 2.16. The van der Waals surface area contributed by atoms with Crippen molar-refractivity contribution in [2.45, 2.75) is 19.8 Å². The van der Waals surface area contributed by atoms with Gasteiger partial charge >= 0.3 is 5.97 Å². The molecule has 0 saturated heterocycles. The van der Waals surface area contributed by atoms with Crippen molar-refractivity contribution < 1.29 is 23.8 Å². The highest BCUT2D eigenvalue weighted by molar-refractivity contribution is 5.93. The SMILES string of the molecule is COCCOC(=O)c1ccc(NC(=O)CCCOc2ccccc2C)cc1. The minimum Gasteiger partial charge on any atom is -0.493 e. The Morgan fingerprint density at radius 1 is 0.963 bits per heavy atom. The molecule has 0 bridgehead atoms. The number of esters is 1. The Balaban J connectivity index is 1.71. The van der Waals surface area contributed by atoms with E-state index >= 15 is 0 Å². The van der Waals surface area contributed by atoms with Gasteiger partial charge in [0.25, 0.3) is 0 Å². The fraction of sp³-hybridized carbons (Fsp3) is 0.333. The van der Waals surface area contributed by atoms with E-state index in [1.807, 2.05) is 31.2 Å². The van der Waals surface area contributed by atoms with Crippen LogP contribution >= 0.6 is 0 Å². The van der Waals surface area contributed by atoms with E-state index in [1.165, 1.54) is 0 Å². The third-order valence-electron chi connectivity index (χ3n) is 3.82. The first kappa shape index (κ1) is 20.5. The molecule has 6 nitrogen and oxygen atoms in total. The Morgan fingerprint density at radius 2 is 1.70 bits per heavy atom. The molecule has 1 N–H and O–H groups in total. The lowest BCUT2D eigenvalue weighted by Crippen LogP contribution is -2.13. The van der Waals surface area contributed by atoms with Gasteiger partial charge in [-0.2, -0.15) is 0 Å². The standard InChI is InChI=1S/C21H25NO5/c1-16-6-3-4-7-19(16)26-13-5-8-20(23)22-18-11-9-17(10-12-18)21(24)27-15-14-25-2/h3-4,6-7,9-12H,5,8,13-15H2,1-2H3,(H,22,23). The third kappa shape index (κ3) is 7.11. The van der Waals surface area contributed by atoms with Gasteiger partial charge in [0.1, 0.15) is 12.4 Å². The number of carbonyl (C=O) groups excluding carboxylic acids is 2. The number of nitrogens with one attached hydrogen (secondary N) is 1. The highest BCUT2D eigenvalue weighted by Gasteiger charge is 2.08. The van der Waals surface area contributed by atoms with Crippen molar-refractivity contribution in [3.8, 4) is 5.75 Å². The second-order valence-corrected chi connectivity index (χ2v) is 5.97. The largest absolute Gasteiger partial charge is 0.493 e. The van der Waals surface area contributed by atoms with E-state index in [9.17, 15) is 9.59 Å². The molecule has 0 aromatic heterocycles. The van der Waals surface area contributed by atoms with Crippen molar-refractivity contribution >= 4 is 17.6 Å². The van der Waals surface area contributed by atoms with Crippen LogP contribution in [0.1, 0.15) is 28.8 Å². The van der Waals surface area contributed by atoms with Gasteiger partial charge in [0.05, 0.1) is 18.8 Å². The van der Waals surface area contributed by atoms with Gasteiger partial charge in [0, 0.05) is 19.2 Å². The van der Waals surface area contributed by atoms with Crippen LogP contribution in [0.4, 0.5) is 5.69 Å².